The molecule has 2 aromatic carbocycles. The maximum absolute atomic E-state index is 12.4. The second-order valence-electron chi connectivity index (χ2n) is 5.87. The van der Waals surface area contributed by atoms with E-state index >= 15 is 0 Å². The van der Waals surface area contributed by atoms with Crippen molar-refractivity contribution in [3.63, 3.8) is 0 Å². The molecule has 1 N–H and O–H groups in total. The Morgan fingerprint density at radius 3 is 2.26 bits per heavy atom. The zero-order valence-electron chi connectivity index (χ0n) is 13.6. The van der Waals surface area contributed by atoms with Crippen LogP contribution in [0.5, 0.6) is 0 Å². The van der Waals surface area contributed by atoms with Crippen molar-refractivity contribution in [1.29, 1.82) is 0 Å². The smallest absolute Gasteiger partial charge is 0.242 e. The van der Waals surface area contributed by atoms with Crippen LogP contribution >= 0.6 is 11.6 Å². The van der Waals surface area contributed by atoms with Gasteiger partial charge in [0, 0.05) is 15.8 Å². The molecule has 0 aliphatic heterocycles. The van der Waals surface area contributed by atoms with E-state index in [2.05, 4.69) is 5.32 Å². The van der Waals surface area contributed by atoms with Crippen LogP contribution in [0.25, 0.3) is 10.8 Å². The molecule has 1 amide bonds. The Morgan fingerprint density at radius 2 is 1.70 bits per heavy atom. The Balaban J connectivity index is 2.45. The minimum atomic E-state index is -3.51. The Kier molecular flexibility index (Phi) is 5.01. The maximum Gasteiger partial charge on any atom is 0.242 e. The van der Waals surface area contributed by atoms with Gasteiger partial charge in [-0.05, 0) is 39.3 Å². The predicted molar refractivity (Wildman–Crippen MR) is 95.8 cm³/mol. The normalized spacial score (nSPS) is 13.3. The predicted octanol–water partition coefficient (Wildman–Crippen LogP) is 3.95. The van der Waals surface area contributed by atoms with Crippen LogP contribution in [0.1, 0.15) is 26.3 Å². The molecular formula is C17H20ClNO3S. The van der Waals surface area contributed by atoms with E-state index in [-0.39, 0.29) is 0 Å². The van der Waals surface area contributed by atoms with Crippen molar-refractivity contribution < 1.29 is 13.2 Å². The fourth-order valence-electron chi connectivity index (χ4n) is 2.41. The Hall–Kier alpha value is -1.59. The van der Waals surface area contributed by atoms with Gasteiger partial charge in [0.25, 0.3) is 0 Å². The van der Waals surface area contributed by atoms with Gasteiger partial charge < -0.3 is 5.32 Å². The van der Waals surface area contributed by atoms with Crippen LogP contribution in [-0.2, 0) is 14.6 Å². The van der Waals surface area contributed by atoms with Crippen LogP contribution < -0.4 is 5.32 Å². The van der Waals surface area contributed by atoms with E-state index in [1.807, 2.05) is 31.2 Å². The summed E-state index contributed by atoms with van der Waals surface area (Å²) in [5, 5.41) is 3.25. The Morgan fingerprint density at radius 1 is 1.13 bits per heavy atom. The molecule has 2 rings (SSSR count). The van der Waals surface area contributed by atoms with Crippen molar-refractivity contribution in [3.05, 3.63) is 40.9 Å². The lowest BCUT2D eigenvalue weighted by Crippen LogP contribution is -2.36. The lowest BCUT2D eigenvalue weighted by molar-refractivity contribution is -0.115. The number of hydrogen-bond donors (Lipinski definition) is 1. The summed E-state index contributed by atoms with van der Waals surface area (Å²) in [6.07, 6.45) is 0. The molecule has 6 heteroatoms. The van der Waals surface area contributed by atoms with Gasteiger partial charge >= 0.3 is 0 Å². The topological polar surface area (TPSA) is 63.2 Å². The van der Waals surface area contributed by atoms with Gasteiger partial charge in [-0.3, -0.25) is 4.79 Å². The fraction of sp³-hybridized carbons (Fsp3) is 0.353. The van der Waals surface area contributed by atoms with E-state index in [0.717, 1.165) is 16.3 Å². The average Bonchev–Trinajstić information content (AvgIpc) is 2.50. The van der Waals surface area contributed by atoms with Crippen LogP contribution in [0.3, 0.4) is 0 Å². The first-order valence-electron chi connectivity index (χ1n) is 7.37. The number of sulfone groups is 1. The van der Waals surface area contributed by atoms with Crippen LogP contribution in [-0.4, -0.2) is 24.8 Å². The number of anilines is 1. The average molecular weight is 354 g/mol. The zero-order valence-corrected chi connectivity index (χ0v) is 15.1. The zero-order chi connectivity index (χ0) is 17.4. The molecule has 4 nitrogen and oxygen atoms in total. The summed E-state index contributed by atoms with van der Waals surface area (Å²) in [6.45, 7) is 6.39. The molecule has 0 bridgehead atoms. The third kappa shape index (κ3) is 3.35. The number of carbonyl (C=O) groups is 1. The third-order valence-corrected chi connectivity index (χ3v) is 6.79. The highest BCUT2D eigenvalue weighted by Crippen LogP contribution is 2.33. The summed E-state index contributed by atoms with van der Waals surface area (Å²) in [7, 11) is -3.51. The second-order valence-corrected chi connectivity index (χ2v) is 9.10. The van der Waals surface area contributed by atoms with Gasteiger partial charge in [-0.25, -0.2) is 8.42 Å². The van der Waals surface area contributed by atoms with Gasteiger partial charge in [0.2, 0.25) is 5.91 Å². The molecule has 2 aromatic rings. The molecule has 23 heavy (non-hydrogen) atoms. The summed E-state index contributed by atoms with van der Waals surface area (Å²) in [5.74, 6) is -0.533. The highest BCUT2D eigenvalue weighted by atomic mass is 35.5. The molecule has 0 aromatic heterocycles. The lowest BCUT2D eigenvalue weighted by atomic mass is 10.0. The van der Waals surface area contributed by atoms with Crippen LogP contribution in [0.2, 0.25) is 5.02 Å². The summed E-state index contributed by atoms with van der Waals surface area (Å²) in [6, 6.07) is 9.19. The highest BCUT2D eigenvalue weighted by molar-refractivity contribution is 7.93. The van der Waals surface area contributed by atoms with Crippen LogP contribution in [0, 0.1) is 6.92 Å². The maximum atomic E-state index is 12.4. The second kappa shape index (κ2) is 6.49. The van der Waals surface area contributed by atoms with Gasteiger partial charge in [-0.1, -0.05) is 35.9 Å². The SMILES string of the molecule is Cc1cc(Cl)c2ccccc2c1NC(=O)C(C)S(=O)(=O)C(C)C. The molecule has 1 unspecified atom stereocenters. The van der Waals surface area contributed by atoms with Gasteiger partial charge in [-0.15, -0.1) is 0 Å². The van der Waals surface area contributed by atoms with Crippen molar-refractivity contribution >= 4 is 43.8 Å². The van der Waals surface area contributed by atoms with Crippen molar-refractivity contribution in [1.82, 2.24) is 0 Å². The number of benzene rings is 2. The number of carbonyl (C=O) groups excluding carboxylic acids is 1. The first-order chi connectivity index (χ1) is 10.7. The Labute approximate surface area is 141 Å². The molecule has 0 spiro atoms. The molecule has 0 aliphatic rings. The third-order valence-electron chi connectivity index (χ3n) is 3.96. The fourth-order valence-corrected chi connectivity index (χ4v) is 3.91. The molecule has 0 saturated heterocycles. The summed E-state index contributed by atoms with van der Waals surface area (Å²) < 4.78 is 24.4. The van der Waals surface area contributed by atoms with Crippen LogP contribution in [0.4, 0.5) is 5.69 Å². The van der Waals surface area contributed by atoms with Crippen molar-refractivity contribution in [3.8, 4) is 0 Å². The number of hydrogen-bond acceptors (Lipinski definition) is 3. The van der Waals surface area contributed by atoms with Crippen molar-refractivity contribution in [2.75, 3.05) is 5.32 Å². The number of halogens is 1. The molecule has 0 saturated carbocycles. The molecular weight excluding hydrogens is 334 g/mol. The molecule has 0 radical (unpaired) electrons. The molecule has 0 aliphatic carbocycles. The largest absolute Gasteiger partial charge is 0.324 e. The van der Waals surface area contributed by atoms with Gasteiger partial charge in [-0.2, -0.15) is 0 Å². The van der Waals surface area contributed by atoms with Crippen molar-refractivity contribution in [2.24, 2.45) is 0 Å². The number of nitrogens with one attached hydrogen (secondary N) is 1. The van der Waals surface area contributed by atoms with E-state index in [9.17, 15) is 13.2 Å². The summed E-state index contributed by atoms with van der Waals surface area (Å²) >= 11 is 6.24. The number of aryl methyl sites for hydroxylation is 1. The van der Waals surface area contributed by atoms with E-state index in [1.54, 1.807) is 19.9 Å². The quantitative estimate of drug-likeness (QED) is 0.905. The summed E-state index contributed by atoms with van der Waals surface area (Å²) in [5.41, 5.74) is 1.39. The molecule has 124 valence electrons. The first kappa shape index (κ1) is 17.8. The number of rotatable bonds is 4. The molecule has 0 heterocycles. The summed E-state index contributed by atoms with van der Waals surface area (Å²) in [4.78, 5) is 12.4. The monoisotopic (exact) mass is 353 g/mol. The van der Waals surface area contributed by atoms with E-state index in [1.165, 1.54) is 6.92 Å². The number of amides is 1. The van der Waals surface area contributed by atoms with E-state index < -0.39 is 26.2 Å². The lowest BCUT2D eigenvalue weighted by Gasteiger charge is -2.18. The minimum absolute atomic E-state index is 0.533. The van der Waals surface area contributed by atoms with Gasteiger partial charge in [0.05, 0.1) is 10.9 Å². The van der Waals surface area contributed by atoms with E-state index in [0.29, 0.717) is 10.7 Å². The van der Waals surface area contributed by atoms with E-state index in [4.69, 9.17) is 11.6 Å². The Bertz CT molecular complexity index is 860. The van der Waals surface area contributed by atoms with Gasteiger partial charge in [0.15, 0.2) is 9.84 Å². The minimum Gasteiger partial charge on any atom is -0.324 e. The molecule has 1 atom stereocenters. The van der Waals surface area contributed by atoms with Crippen LogP contribution in [0.15, 0.2) is 30.3 Å². The molecule has 0 fully saturated rings. The van der Waals surface area contributed by atoms with Gasteiger partial charge in [0.1, 0.15) is 5.25 Å². The highest BCUT2D eigenvalue weighted by Gasteiger charge is 2.31. The first-order valence-corrected chi connectivity index (χ1v) is 9.36. The standard InChI is InChI=1S/C17H20ClNO3S/c1-10(2)23(21,22)12(4)17(20)19-16-11(3)9-15(18)13-7-5-6-8-14(13)16/h5-10,12H,1-4H3,(H,19,20). The number of fused-ring (bicyclic) bond motifs is 1. The van der Waals surface area contributed by atoms with Crippen molar-refractivity contribution in [2.45, 2.75) is 38.2 Å².